The number of hydrogen-bond acceptors (Lipinski definition) is 3. The first-order valence-corrected chi connectivity index (χ1v) is 8.45. The number of anilines is 1. The molecule has 1 heterocycles. The molecule has 2 rings (SSSR count). The molecule has 2 N–H and O–H groups in total. The Morgan fingerprint density at radius 2 is 1.76 bits per heavy atom. The quantitative estimate of drug-likeness (QED) is 0.809. The fraction of sp³-hybridized carbons (Fsp3) is 0.667. The summed E-state index contributed by atoms with van der Waals surface area (Å²) < 4.78 is 0. The van der Waals surface area contributed by atoms with E-state index in [4.69, 9.17) is 5.11 Å². The van der Waals surface area contributed by atoms with E-state index in [0.717, 1.165) is 19.5 Å². The van der Waals surface area contributed by atoms with Gasteiger partial charge in [-0.15, -0.1) is 0 Å². The van der Waals surface area contributed by atoms with Crippen LogP contribution in [0.2, 0.25) is 0 Å². The predicted octanol–water partition coefficient (Wildman–Crippen LogP) is 3.18. The van der Waals surface area contributed by atoms with Crippen molar-refractivity contribution in [2.45, 2.75) is 45.6 Å². The largest absolute Gasteiger partial charge is 0.396 e. The van der Waals surface area contributed by atoms with Crippen molar-refractivity contribution < 1.29 is 5.11 Å². The second-order valence-electron chi connectivity index (χ2n) is 6.32. The Bertz CT molecular complexity index is 383. The maximum absolute atomic E-state index is 8.89. The van der Waals surface area contributed by atoms with E-state index in [1.807, 2.05) is 0 Å². The van der Waals surface area contributed by atoms with Crippen LogP contribution in [0.15, 0.2) is 24.3 Å². The average Bonchev–Trinajstić information content (AvgIpc) is 2.77. The number of nitrogens with zero attached hydrogens (tertiary/aromatic N) is 1. The van der Waals surface area contributed by atoms with Gasteiger partial charge in [0.1, 0.15) is 0 Å². The molecule has 3 heteroatoms. The van der Waals surface area contributed by atoms with E-state index in [0.29, 0.717) is 5.92 Å². The molecule has 3 nitrogen and oxygen atoms in total. The molecule has 1 fully saturated rings. The fourth-order valence-corrected chi connectivity index (χ4v) is 2.94. The molecule has 1 aromatic carbocycles. The lowest BCUT2D eigenvalue weighted by atomic mass is 10.1. The van der Waals surface area contributed by atoms with Crippen LogP contribution < -0.4 is 10.2 Å². The molecule has 0 aromatic heterocycles. The summed E-state index contributed by atoms with van der Waals surface area (Å²) in [6.07, 6.45) is 6.29. The predicted molar refractivity (Wildman–Crippen MR) is 89.7 cm³/mol. The summed E-state index contributed by atoms with van der Waals surface area (Å²) in [5, 5.41) is 12.4. The fourth-order valence-electron chi connectivity index (χ4n) is 2.94. The third-order valence-corrected chi connectivity index (χ3v) is 4.35. The van der Waals surface area contributed by atoms with Crippen molar-refractivity contribution in [2.75, 3.05) is 31.1 Å². The topological polar surface area (TPSA) is 35.5 Å². The summed E-state index contributed by atoms with van der Waals surface area (Å²) in [6.45, 7) is 6.75. The van der Waals surface area contributed by atoms with Crippen molar-refractivity contribution >= 4 is 5.69 Å². The average molecular weight is 290 g/mol. The van der Waals surface area contributed by atoms with Gasteiger partial charge in [0.25, 0.3) is 0 Å². The number of nitrogens with one attached hydrogen (secondary N) is 1. The van der Waals surface area contributed by atoms with E-state index in [1.54, 1.807) is 0 Å². The summed E-state index contributed by atoms with van der Waals surface area (Å²) in [7, 11) is 0. The highest BCUT2D eigenvalue weighted by atomic mass is 16.3. The highest BCUT2D eigenvalue weighted by Gasteiger charge is 2.09. The van der Waals surface area contributed by atoms with E-state index in [-0.39, 0.29) is 6.61 Å². The van der Waals surface area contributed by atoms with E-state index in [1.165, 1.54) is 50.0 Å². The Morgan fingerprint density at radius 3 is 2.38 bits per heavy atom. The Kier molecular flexibility index (Phi) is 7.04. The van der Waals surface area contributed by atoms with Crippen molar-refractivity contribution in [2.24, 2.45) is 5.92 Å². The highest BCUT2D eigenvalue weighted by molar-refractivity contribution is 5.47. The molecule has 1 aliphatic rings. The van der Waals surface area contributed by atoms with Gasteiger partial charge >= 0.3 is 0 Å². The third kappa shape index (κ3) is 5.68. The molecule has 0 saturated carbocycles. The summed E-state index contributed by atoms with van der Waals surface area (Å²) in [6, 6.07) is 9.01. The molecule has 0 radical (unpaired) electrons. The first kappa shape index (κ1) is 16.3. The molecule has 0 spiro atoms. The number of rotatable bonds is 7. The van der Waals surface area contributed by atoms with Gasteiger partial charge in [0.2, 0.25) is 0 Å². The number of aliphatic hydroxyl groups is 1. The standard InChI is InChI=1S/C18H30N2O/c1-16(10-13-21)14-19-15-17-6-8-18(9-7-17)20-11-4-2-3-5-12-20/h6-9,16,19,21H,2-5,10-15H2,1H3. The van der Waals surface area contributed by atoms with Crippen molar-refractivity contribution in [3.8, 4) is 0 Å². The molecule has 1 saturated heterocycles. The van der Waals surface area contributed by atoms with Gasteiger partial charge in [-0.2, -0.15) is 0 Å². The Morgan fingerprint density at radius 1 is 1.10 bits per heavy atom. The van der Waals surface area contributed by atoms with Gasteiger partial charge in [-0.1, -0.05) is 31.9 Å². The Labute approximate surface area is 129 Å². The van der Waals surface area contributed by atoms with Gasteiger partial charge in [0.15, 0.2) is 0 Å². The minimum absolute atomic E-state index is 0.285. The molecule has 0 aliphatic carbocycles. The Balaban J connectivity index is 1.78. The molecule has 1 aliphatic heterocycles. The zero-order chi connectivity index (χ0) is 14.9. The minimum atomic E-state index is 0.285. The second-order valence-corrected chi connectivity index (χ2v) is 6.32. The van der Waals surface area contributed by atoms with Crippen LogP contribution in [0.1, 0.15) is 44.6 Å². The Hall–Kier alpha value is -1.06. The highest BCUT2D eigenvalue weighted by Crippen LogP contribution is 2.20. The minimum Gasteiger partial charge on any atom is -0.396 e. The van der Waals surface area contributed by atoms with Crippen LogP contribution in [0.25, 0.3) is 0 Å². The van der Waals surface area contributed by atoms with Gasteiger partial charge in [-0.3, -0.25) is 0 Å². The smallest absolute Gasteiger partial charge is 0.0434 e. The SMILES string of the molecule is CC(CCO)CNCc1ccc(N2CCCCCC2)cc1. The van der Waals surface area contributed by atoms with Crippen LogP contribution in [0.5, 0.6) is 0 Å². The number of aliphatic hydroxyl groups excluding tert-OH is 1. The summed E-state index contributed by atoms with van der Waals surface area (Å²) in [4.78, 5) is 2.52. The molecular weight excluding hydrogens is 260 g/mol. The van der Waals surface area contributed by atoms with Gasteiger partial charge in [0.05, 0.1) is 0 Å². The van der Waals surface area contributed by atoms with Crippen molar-refractivity contribution in [3.05, 3.63) is 29.8 Å². The van der Waals surface area contributed by atoms with Crippen LogP contribution in [0.3, 0.4) is 0 Å². The lowest BCUT2D eigenvalue weighted by Gasteiger charge is -2.22. The first-order valence-electron chi connectivity index (χ1n) is 8.45. The molecule has 1 unspecified atom stereocenters. The lowest BCUT2D eigenvalue weighted by Crippen LogP contribution is -2.24. The van der Waals surface area contributed by atoms with Gasteiger partial charge < -0.3 is 15.3 Å². The third-order valence-electron chi connectivity index (χ3n) is 4.35. The van der Waals surface area contributed by atoms with Crippen LogP contribution in [0, 0.1) is 5.92 Å². The molecule has 21 heavy (non-hydrogen) atoms. The van der Waals surface area contributed by atoms with E-state index in [2.05, 4.69) is 41.4 Å². The van der Waals surface area contributed by atoms with Gasteiger partial charge in [0, 0.05) is 31.9 Å². The normalized spacial score (nSPS) is 17.5. The van der Waals surface area contributed by atoms with Crippen LogP contribution >= 0.6 is 0 Å². The van der Waals surface area contributed by atoms with Crippen molar-refractivity contribution in [3.63, 3.8) is 0 Å². The molecule has 118 valence electrons. The molecule has 1 atom stereocenters. The summed E-state index contributed by atoms with van der Waals surface area (Å²) >= 11 is 0. The van der Waals surface area contributed by atoms with E-state index < -0.39 is 0 Å². The van der Waals surface area contributed by atoms with E-state index >= 15 is 0 Å². The monoisotopic (exact) mass is 290 g/mol. The van der Waals surface area contributed by atoms with Crippen LogP contribution in [-0.4, -0.2) is 31.3 Å². The lowest BCUT2D eigenvalue weighted by molar-refractivity contribution is 0.260. The van der Waals surface area contributed by atoms with Crippen LogP contribution in [-0.2, 0) is 6.54 Å². The number of benzene rings is 1. The van der Waals surface area contributed by atoms with Crippen LogP contribution in [0.4, 0.5) is 5.69 Å². The molecule has 0 bridgehead atoms. The van der Waals surface area contributed by atoms with Crippen molar-refractivity contribution in [1.29, 1.82) is 0 Å². The summed E-state index contributed by atoms with van der Waals surface area (Å²) in [5.41, 5.74) is 2.71. The molecule has 0 amide bonds. The maximum atomic E-state index is 8.89. The maximum Gasteiger partial charge on any atom is 0.0434 e. The second kappa shape index (κ2) is 9.06. The van der Waals surface area contributed by atoms with E-state index in [9.17, 15) is 0 Å². The number of hydrogen-bond donors (Lipinski definition) is 2. The molecular formula is C18H30N2O. The first-order chi connectivity index (χ1) is 10.3. The zero-order valence-electron chi connectivity index (χ0n) is 13.4. The molecule has 1 aromatic rings. The van der Waals surface area contributed by atoms with Gasteiger partial charge in [-0.25, -0.2) is 0 Å². The summed E-state index contributed by atoms with van der Waals surface area (Å²) in [5.74, 6) is 0.534. The van der Waals surface area contributed by atoms with Gasteiger partial charge in [-0.05, 0) is 49.4 Å². The zero-order valence-corrected chi connectivity index (χ0v) is 13.4. The van der Waals surface area contributed by atoms with Crippen molar-refractivity contribution in [1.82, 2.24) is 5.32 Å².